The van der Waals surface area contributed by atoms with E-state index in [1.807, 2.05) is 30.3 Å². The average molecular weight is 577 g/mol. The summed E-state index contributed by atoms with van der Waals surface area (Å²) in [5, 5.41) is 4.33. The highest BCUT2D eigenvalue weighted by Gasteiger charge is 2.44. The van der Waals surface area contributed by atoms with Gasteiger partial charge in [0.25, 0.3) is 5.91 Å². The second kappa shape index (κ2) is 12.2. The summed E-state index contributed by atoms with van der Waals surface area (Å²) in [5.74, 6) is -0.991. The number of hydrogen-bond donors (Lipinski definition) is 3. The van der Waals surface area contributed by atoms with Crippen LogP contribution >= 0.6 is 11.6 Å². The molecular weight excluding hydrogens is 540 g/mol. The maximum absolute atomic E-state index is 13.8. The van der Waals surface area contributed by atoms with Crippen molar-refractivity contribution in [1.29, 1.82) is 0 Å². The molecule has 212 valence electrons. The third kappa shape index (κ3) is 7.67. The van der Waals surface area contributed by atoms with Gasteiger partial charge in [0.2, 0.25) is 15.9 Å². The van der Waals surface area contributed by atoms with Crippen LogP contribution in [0, 0.1) is 0 Å². The predicted molar refractivity (Wildman–Crippen MR) is 153 cm³/mol. The number of rotatable bonds is 11. The lowest BCUT2D eigenvalue weighted by molar-refractivity contribution is -0.177. The van der Waals surface area contributed by atoms with E-state index in [0.717, 1.165) is 10.6 Å². The Labute approximate surface area is 235 Å². The number of hydroxylamine groups is 2. The summed E-state index contributed by atoms with van der Waals surface area (Å²) >= 11 is 6.02. The first-order valence-electron chi connectivity index (χ1n) is 12.7. The number of halogens is 1. The van der Waals surface area contributed by atoms with Crippen LogP contribution in [0.4, 0.5) is 0 Å². The van der Waals surface area contributed by atoms with E-state index in [0.29, 0.717) is 35.4 Å². The van der Waals surface area contributed by atoms with Crippen LogP contribution < -0.4 is 15.8 Å². The monoisotopic (exact) mass is 576 g/mol. The van der Waals surface area contributed by atoms with Crippen molar-refractivity contribution in [3.63, 3.8) is 0 Å². The summed E-state index contributed by atoms with van der Waals surface area (Å²) in [6.07, 6.45) is 1.66. The summed E-state index contributed by atoms with van der Waals surface area (Å²) in [5.41, 5.74) is 5.77. The number of nitrogens with two attached hydrogens (primary N) is 1. The molecule has 2 aromatic carbocycles. The van der Waals surface area contributed by atoms with Crippen LogP contribution in [0.2, 0.25) is 5.02 Å². The van der Waals surface area contributed by atoms with Gasteiger partial charge in [-0.05, 0) is 75.8 Å². The van der Waals surface area contributed by atoms with Gasteiger partial charge >= 0.3 is 0 Å². The molecule has 1 atom stereocenters. The number of carbonyl (C=O) groups is 2. The number of amides is 2. The Morgan fingerprint density at radius 1 is 1.13 bits per heavy atom. The Balaban J connectivity index is 1.92. The topological polar surface area (TPSA) is 131 Å². The molecule has 2 aromatic rings. The van der Waals surface area contributed by atoms with Crippen LogP contribution in [0.3, 0.4) is 0 Å². The van der Waals surface area contributed by atoms with Crippen molar-refractivity contribution in [2.45, 2.75) is 64.1 Å². The number of nitrogens with zero attached hydrogens (tertiary/aromatic N) is 1. The summed E-state index contributed by atoms with van der Waals surface area (Å²) in [6, 6.07) is 15.3. The van der Waals surface area contributed by atoms with E-state index in [4.69, 9.17) is 22.2 Å². The van der Waals surface area contributed by atoms with Gasteiger partial charge in [0.1, 0.15) is 6.04 Å². The highest BCUT2D eigenvalue weighted by molar-refractivity contribution is 7.99. The van der Waals surface area contributed by atoms with E-state index in [9.17, 15) is 18.0 Å². The minimum absolute atomic E-state index is 0.0618. The highest BCUT2D eigenvalue weighted by Crippen LogP contribution is 2.38. The Morgan fingerprint density at radius 2 is 1.74 bits per heavy atom. The maximum atomic E-state index is 13.8. The molecule has 0 aromatic heterocycles. The molecule has 0 fully saturated rings. The number of carbonyl (C=O) groups excluding carboxylic acids is 2. The summed E-state index contributed by atoms with van der Waals surface area (Å²) in [4.78, 5) is 32.1. The zero-order chi connectivity index (χ0) is 29.0. The van der Waals surface area contributed by atoms with Crippen LogP contribution in [0.5, 0.6) is 0 Å². The van der Waals surface area contributed by atoms with E-state index in [1.54, 1.807) is 52.0 Å². The van der Waals surface area contributed by atoms with Crippen LogP contribution in [0.25, 0.3) is 4.91 Å². The number of hydrogen-bond acceptors (Lipinski definition) is 6. The van der Waals surface area contributed by atoms with E-state index in [-0.39, 0.29) is 11.4 Å². The molecule has 2 amide bonds. The molecule has 1 heterocycles. The molecule has 0 spiro atoms. The van der Waals surface area contributed by atoms with Crippen LogP contribution in [0.1, 0.15) is 51.7 Å². The second-order valence-electron chi connectivity index (χ2n) is 10.7. The summed E-state index contributed by atoms with van der Waals surface area (Å²) in [7, 11) is -2.55. The number of aryl methyl sites for hydroxylation is 1. The summed E-state index contributed by atoms with van der Waals surface area (Å²) in [6.45, 7) is 6.41. The molecule has 1 aliphatic rings. The van der Waals surface area contributed by atoms with Crippen molar-refractivity contribution >= 4 is 38.3 Å². The van der Waals surface area contributed by atoms with Gasteiger partial charge in [0, 0.05) is 5.02 Å². The average Bonchev–Trinajstić information content (AvgIpc) is 3.04. The zero-order valence-electron chi connectivity index (χ0n) is 23.0. The first-order chi connectivity index (χ1) is 18.2. The molecule has 0 radical (unpaired) electrons. The van der Waals surface area contributed by atoms with E-state index < -0.39 is 39.0 Å². The van der Waals surface area contributed by atoms with Gasteiger partial charge in [-0.1, -0.05) is 54.1 Å². The minimum atomic E-state index is -3.89. The lowest BCUT2D eigenvalue weighted by Crippen LogP contribution is -2.56. The SMILES string of the molecule is CON(CC1=C(c2ccc(Cl)cc2)S(=O)(=O)NC1(C)C)C(=O)[C@@H](CCCc1ccccc1)NC(=O)C(C)(C)N. The Bertz CT molecular complexity index is 1320. The molecule has 11 heteroatoms. The molecule has 39 heavy (non-hydrogen) atoms. The molecule has 0 unspecified atom stereocenters. The molecule has 0 saturated carbocycles. The molecule has 4 N–H and O–H groups in total. The fourth-order valence-electron chi connectivity index (χ4n) is 4.40. The van der Waals surface area contributed by atoms with Gasteiger partial charge in [0.15, 0.2) is 0 Å². The standard InChI is InChI=1S/C28H37ClN4O5S/c1-27(2,30)26(35)31-23(13-9-12-19-10-7-6-8-11-19)25(34)33(38-5)18-22-24(20-14-16-21(29)17-15-20)39(36,37)32-28(22,3)4/h6-8,10-11,14-17,23,32H,9,12-13,18,30H2,1-5H3,(H,31,35)/t23-/m1/s1. The maximum Gasteiger partial charge on any atom is 0.268 e. The smallest absolute Gasteiger partial charge is 0.268 e. The fraction of sp³-hybridized carbons (Fsp3) is 0.429. The second-order valence-corrected chi connectivity index (χ2v) is 12.8. The van der Waals surface area contributed by atoms with Crippen LogP contribution in [0.15, 0.2) is 60.2 Å². The fourth-order valence-corrected chi connectivity index (χ4v) is 6.51. The van der Waals surface area contributed by atoms with Gasteiger partial charge in [-0.25, -0.2) is 18.2 Å². The molecule has 3 rings (SSSR count). The Kier molecular flexibility index (Phi) is 9.61. The lowest BCUT2D eigenvalue weighted by Gasteiger charge is -2.31. The molecule has 9 nitrogen and oxygen atoms in total. The predicted octanol–water partition coefficient (Wildman–Crippen LogP) is 3.40. The van der Waals surface area contributed by atoms with Crippen molar-refractivity contribution in [1.82, 2.24) is 15.1 Å². The Hall–Kier alpha value is -2.76. The van der Waals surface area contributed by atoms with Gasteiger partial charge in [-0.3, -0.25) is 14.4 Å². The van der Waals surface area contributed by atoms with E-state index in [1.165, 1.54) is 7.11 Å². The molecule has 0 saturated heterocycles. The van der Waals surface area contributed by atoms with Crippen molar-refractivity contribution in [2.75, 3.05) is 13.7 Å². The molecule has 0 aliphatic carbocycles. The van der Waals surface area contributed by atoms with Crippen molar-refractivity contribution in [2.24, 2.45) is 5.73 Å². The van der Waals surface area contributed by atoms with Crippen molar-refractivity contribution in [3.8, 4) is 0 Å². The minimum Gasteiger partial charge on any atom is -0.343 e. The number of sulfonamides is 1. The lowest BCUT2D eigenvalue weighted by atomic mass is 9.92. The van der Waals surface area contributed by atoms with E-state index in [2.05, 4.69) is 10.0 Å². The van der Waals surface area contributed by atoms with Crippen molar-refractivity contribution < 1.29 is 22.8 Å². The third-order valence-electron chi connectivity index (χ3n) is 6.55. The first kappa shape index (κ1) is 30.8. The molecule has 0 bridgehead atoms. The van der Waals surface area contributed by atoms with Gasteiger partial charge in [-0.2, -0.15) is 0 Å². The quantitative estimate of drug-likeness (QED) is 0.351. The molecular formula is C28H37ClN4O5S. The number of nitrogens with one attached hydrogen (secondary N) is 2. The van der Waals surface area contributed by atoms with Gasteiger partial charge in [-0.15, -0.1) is 0 Å². The van der Waals surface area contributed by atoms with Crippen LogP contribution in [-0.2, 0) is 30.9 Å². The number of benzene rings is 2. The molecule has 1 aliphatic heterocycles. The summed E-state index contributed by atoms with van der Waals surface area (Å²) < 4.78 is 29.0. The Morgan fingerprint density at radius 3 is 2.31 bits per heavy atom. The van der Waals surface area contributed by atoms with E-state index >= 15 is 0 Å². The first-order valence-corrected chi connectivity index (χ1v) is 14.5. The largest absolute Gasteiger partial charge is 0.343 e. The normalized spacial score (nSPS) is 17.1. The third-order valence-corrected chi connectivity index (χ3v) is 8.60. The zero-order valence-corrected chi connectivity index (χ0v) is 24.5. The van der Waals surface area contributed by atoms with Gasteiger partial charge in [0.05, 0.1) is 29.6 Å². The van der Waals surface area contributed by atoms with Crippen molar-refractivity contribution in [3.05, 3.63) is 76.3 Å². The van der Waals surface area contributed by atoms with Gasteiger partial charge < -0.3 is 11.1 Å². The van der Waals surface area contributed by atoms with Crippen LogP contribution in [-0.4, -0.2) is 56.1 Å². The highest BCUT2D eigenvalue weighted by atomic mass is 35.5.